The summed E-state index contributed by atoms with van der Waals surface area (Å²) in [5, 5.41) is 11.2. The van der Waals surface area contributed by atoms with E-state index in [0.717, 1.165) is 10.9 Å². The Bertz CT molecular complexity index is 907. The lowest BCUT2D eigenvalue weighted by atomic mass is 9.99. The average Bonchev–Trinajstić information content (AvgIpc) is 3.02. The molecule has 0 saturated heterocycles. The highest BCUT2D eigenvalue weighted by Crippen LogP contribution is 2.32. The van der Waals surface area contributed by atoms with Crippen LogP contribution in [0.5, 0.6) is 11.6 Å². The number of fused-ring (bicyclic) bond motifs is 2. The quantitative estimate of drug-likeness (QED) is 0.615. The maximum Gasteiger partial charge on any atom is 0.267 e. The molecule has 3 aromatic rings. The Labute approximate surface area is 130 Å². The van der Waals surface area contributed by atoms with Gasteiger partial charge in [-0.3, -0.25) is 10.0 Å². The van der Waals surface area contributed by atoms with E-state index in [-0.39, 0.29) is 0 Å². The molecule has 1 unspecified atom stereocenters. The first kappa shape index (κ1) is 13.7. The standard InChI is InChI=1S/C15H13N5O3/c16-11-6-8-5-9(1-2-12(8)20(22)15(11)21)23-14-10-3-4-17-13(10)18-7-19-14/h1-5,7,11,22H,6,16H2,(H,17,18,19). The Hall–Kier alpha value is -2.97. The van der Waals surface area contributed by atoms with Crippen molar-refractivity contribution in [2.24, 2.45) is 5.73 Å². The Morgan fingerprint density at radius 3 is 3.09 bits per heavy atom. The average molecular weight is 311 g/mol. The second-order valence-corrected chi connectivity index (χ2v) is 5.27. The van der Waals surface area contributed by atoms with Crippen LogP contribution < -0.4 is 15.5 Å². The number of nitrogens with one attached hydrogen (secondary N) is 1. The highest BCUT2D eigenvalue weighted by Gasteiger charge is 2.29. The third-order valence-corrected chi connectivity index (χ3v) is 3.78. The minimum Gasteiger partial charge on any atom is -0.438 e. The predicted molar refractivity (Wildman–Crippen MR) is 81.4 cm³/mol. The molecule has 1 aliphatic heterocycles. The summed E-state index contributed by atoms with van der Waals surface area (Å²) in [7, 11) is 0. The van der Waals surface area contributed by atoms with E-state index >= 15 is 0 Å². The number of nitrogens with zero attached hydrogens (tertiary/aromatic N) is 3. The molecule has 0 saturated carbocycles. The molecular weight excluding hydrogens is 298 g/mol. The highest BCUT2D eigenvalue weighted by molar-refractivity contribution is 5.98. The second-order valence-electron chi connectivity index (χ2n) is 5.27. The maximum absolute atomic E-state index is 11.7. The summed E-state index contributed by atoms with van der Waals surface area (Å²) in [4.78, 5) is 22.9. The van der Waals surface area contributed by atoms with Gasteiger partial charge in [-0.2, -0.15) is 5.06 Å². The van der Waals surface area contributed by atoms with Gasteiger partial charge in [0, 0.05) is 6.20 Å². The number of aromatic nitrogens is 3. The van der Waals surface area contributed by atoms with Crippen LogP contribution in [0.2, 0.25) is 0 Å². The zero-order valence-corrected chi connectivity index (χ0v) is 11.9. The number of carbonyl (C=O) groups excluding carboxylic acids is 1. The summed E-state index contributed by atoms with van der Waals surface area (Å²) in [6.45, 7) is 0. The Morgan fingerprint density at radius 1 is 1.35 bits per heavy atom. The smallest absolute Gasteiger partial charge is 0.267 e. The highest BCUT2D eigenvalue weighted by atomic mass is 16.5. The van der Waals surface area contributed by atoms with E-state index in [1.165, 1.54) is 6.33 Å². The molecule has 0 aliphatic carbocycles. The Morgan fingerprint density at radius 2 is 2.22 bits per heavy atom. The number of H-pyrrole nitrogens is 1. The molecule has 0 fully saturated rings. The van der Waals surface area contributed by atoms with Crippen LogP contribution in [0.4, 0.5) is 5.69 Å². The second kappa shape index (κ2) is 5.04. The van der Waals surface area contributed by atoms with Crippen LogP contribution in [0.1, 0.15) is 5.56 Å². The van der Waals surface area contributed by atoms with E-state index in [4.69, 9.17) is 10.5 Å². The molecular formula is C15H13N5O3. The predicted octanol–water partition coefficient (Wildman–Crippen LogP) is 1.36. The van der Waals surface area contributed by atoms with Gasteiger partial charge < -0.3 is 15.5 Å². The molecule has 2 aromatic heterocycles. The van der Waals surface area contributed by atoms with Gasteiger partial charge in [-0.15, -0.1) is 0 Å². The van der Waals surface area contributed by atoms with Crippen molar-refractivity contribution in [3.05, 3.63) is 42.4 Å². The van der Waals surface area contributed by atoms with Gasteiger partial charge >= 0.3 is 0 Å². The number of carbonyl (C=O) groups is 1. The lowest BCUT2D eigenvalue weighted by molar-refractivity contribution is -0.125. The molecule has 0 bridgehead atoms. The number of aromatic amines is 1. The first-order chi connectivity index (χ1) is 11.1. The number of ether oxygens (including phenoxy) is 1. The fourth-order valence-electron chi connectivity index (χ4n) is 2.64. The molecule has 1 aliphatic rings. The van der Waals surface area contributed by atoms with Crippen LogP contribution in [-0.4, -0.2) is 32.1 Å². The minimum absolute atomic E-state index is 0.339. The molecule has 0 spiro atoms. The van der Waals surface area contributed by atoms with Crippen LogP contribution in [0.15, 0.2) is 36.8 Å². The van der Waals surface area contributed by atoms with Gasteiger partial charge in [0.2, 0.25) is 5.88 Å². The van der Waals surface area contributed by atoms with Crippen LogP contribution in [0, 0.1) is 0 Å². The van der Waals surface area contributed by atoms with Crippen LogP contribution in [0.3, 0.4) is 0 Å². The first-order valence-electron chi connectivity index (χ1n) is 7.01. The van der Waals surface area contributed by atoms with Crippen molar-refractivity contribution in [1.29, 1.82) is 0 Å². The zero-order valence-electron chi connectivity index (χ0n) is 11.9. The monoisotopic (exact) mass is 311 g/mol. The third kappa shape index (κ3) is 2.20. The van der Waals surface area contributed by atoms with Crippen molar-refractivity contribution in [3.8, 4) is 11.6 Å². The number of anilines is 1. The van der Waals surface area contributed by atoms with Gasteiger partial charge in [0.25, 0.3) is 5.91 Å². The molecule has 0 radical (unpaired) electrons. The molecule has 8 nitrogen and oxygen atoms in total. The number of hydroxylamine groups is 1. The molecule has 1 amide bonds. The molecule has 4 N–H and O–H groups in total. The first-order valence-corrected chi connectivity index (χ1v) is 7.01. The van der Waals surface area contributed by atoms with Crippen LogP contribution in [-0.2, 0) is 11.2 Å². The van der Waals surface area contributed by atoms with Crippen molar-refractivity contribution in [2.75, 3.05) is 5.06 Å². The van der Waals surface area contributed by atoms with E-state index in [1.807, 2.05) is 6.07 Å². The summed E-state index contributed by atoms with van der Waals surface area (Å²) in [5.74, 6) is 0.448. The van der Waals surface area contributed by atoms with E-state index in [2.05, 4.69) is 15.0 Å². The van der Waals surface area contributed by atoms with E-state index in [1.54, 1.807) is 24.4 Å². The Balaban J connectivity index is 1.70. The number of nitrogens with two attached hydrogens (primary N) is 1. The van der Waals surface area contributed by atoms with E-state index in [9.17, 15) is 10.0 Å². The summed E-state index contributed by atoms with van der Waals surface area (Å²) in [6, 6.07) is 6.08. The summed E-state index contributed by atoms with van der Waals surface area (Å²) in [6.07, 6.45) is 3.51. The number of hydrogen-bond acceptors (Lipinski definition) is 6. The molecule has 3 heterocycles. The lowest BCUT2D eigenvalue weighted by Crippen LogP contribution is -2.47. The van der Waals surface area contributed by atoms with Crippen molar-refractivity contribution >= 4 is 22.6 Å². The molecule has 23 heavy (non-hydrogen) atoms. The van der Waals surface area contributed by atoms with Crippen LogP contribution >= 0.6 is 0 Å². The van der Waals surface area contributed by atoms with Crippen molar-refractivity contribution < 1.29 is 14.7 Å². The topological polar surface area (TPSA) is 117 Å². The molecule has 4 rings (SSSR count). The fourth-order valence-corrected chi connectivity index (χ4v) is 2.64. The summed E-state index contributed by atoms with van der Waals surface area (Å²) < 4.78 is 5.82. The van der Waals surface area contributed by atoms with Gasteiger partial charge in [0.05, 0.1) is 17.1 Å². The van der Waals surface area contributed by atoms with Crippen molar-refractivity contribution in [1.82, 2.24) is 15.0 Å². The van der Waals surface area contributed by atoms with E-state index < -0.39 is 11.9 Å². The number of amides is 1. The van der Waals surface area contributed by atoms with Crippen molar-refractivity contribution in [3.63, 3.8) is 0 Å². The van der Waals surface area contributed by atoms with Gasteiger partial charge in [-0.05, 0) is 36.2 Å². The van der Waals surface area contributed by atoms with Gasteiger partial charge in [0.1, 0.15) is 17.7 Å². The normalized spacial score (nSPS) is 17.4. The molecule has 1 aromatic carbocycles. The summed E-state index contributed by atoms with van der Waals surface area (Å²) >= 11 is 0. The van der Waals surface area contributed by atoms with Gasteiger partial charge in [0.15, 0.2) is 0 Å². The zero-order chi connectivity index (χ0) is 16.0. The number of rotatable bonds is 2. The summed E-state index contributed by atoms with van der Waals surface area (Å²) in [5.41, 5.74) is 7.56. The van der Waals surface area contributed by atoms with Gasteiger partial charge in [-0.1, -0.05) is 0 Å². The maximum atomic E-state index is 11.7. The fraction of sp³-hybridized carbons (Fsp3) is 0.133. The van der Waals surface area contributed by atoms with Gasteiger partial charge in [-0.25, -0.2) is 9.97 Å². The number of hydrogen-bond donors (Lipinski definition) is 3. The third-order valence-electron chi connectivity index (χ3n) is 3.78. The minimum atomic E-state index is -0.766. The van der Waals surface area contributed by atoms with Crippen LogP contribution in [0.25, 0.3) is 11.0 Å². The lowest BCUT2D eigenvalue weighted by Gasteiger charge is -2.27. The van der Waals surface area contributed by atoms with E-state index in [0.29, 0.717) is 34.4 Å². The molecule has 1 atom stereocenters. The molecule has 8 heteroatoms. The number of benzene rings is 1. The Kier molecular flexibility index (Phi) is 3.00. The largest absolute Gasteiger partial charge is 0.438 e. The molecule has 116 valence electrons. The van der Waals surface area contributed by atoms with Crippen molar-refractivity contribution in [2.45, 2.75) is 12.5 Å². The SMILES string of the molecule is NC1Cc2cc(Oc3ncnc4[nH]ccc34)ccc2N(O)C1=O.